The molecule has 2 heterocycles. The fraction of sp³-hybridized carbons (Fsp3) is 0.267. The van der Waals surface area contributed by atoms with Crippen molar-refractivity contribution in [1.82, 2.24) is 24.9 Å². The summed E-state index contributed by atoms with van der Waals surface area (Å²) in [6.45, 7) is 3.89. The van der Waals surface area contributed by atoms with Crippen molar-refractivity contribution in [3.05, 3.63) is 48.4 Å². The van der Waals surface area contributed by atoms with Crippen molar-refractivity contribution in [2.75, 3.05) is 13.1 Å². The first-order valence-corrected chi connectivity index (χ1v) is 6.99. The van der Waals surface area contributed by atoms with Crippen LogP contribution >= 0.6 is 0 Å². The summed E-state index contributed by atoms with van der Waals surface area (Å²) in [6, 6.07) is 9.53. The van der Waals surface area contributed by atoms with Crippen molar-refractivity contribution >= 4 is 16.8 Å². The number of benzene rings is 1. The largest absolute Gasteiger partial charge is 0.336 e. The van der Waals surface area contributed by atoms with E-state index in [2.05, 4.69) is 15.3 Å². The summed E-state index contributed by atoms with van der Waals surface area (Å²) in [5, 5.41) is 12.1. The van der Waals surface area contributed by atoms with Gasteiger partial charge in [0.25, 0.3) is 5.91 Å². The SMILES string of the molecule is CCN(CCn1cccn1)C(=O)c1n[nH]c2ccccc12. The molecule has 0 saturated heterocycles. The lowest BCUT2D eigenvalue weighted by molar-refractivity contribution is 0.0753. The van der Waals surface area contributed by atoms with Gasteiger partial charge in [-0.2, -0.15) is 10.2 Å². The smallest absolute Gasteiger partial charge is 0.275 e. The van der Waals surface area contributed by atoms with Crippen LogP contribution in [0, 0.1) is 0 Å². The molecule has 6 nitrogen and oxygen atoms in total. The summed E-state index contributed by atoms with van der Waals surface area (Å²) >= 11 is 0. The van der Waals surface area contributed by atoms with Gasteiger partial charge in [0, 0.05) is 30.9 Å². The zero-order chi connectivity index (χ0) is 14.7. The normalized spacial score (nSPS) is 10.9. The van der Waals surface area contributed by atoms with Crippen LogP contribution in [0.25, 0.3) is 10.9 Å². The molecule has 1 aromatic carbocycles. The Labute approximate surface area is 122 Å². The van der Waals surface area contributed by atoms with Crippen LogP contribution in [-0.2, 0) is 6.54 Å². The zero-order valence-corrected chi connectivity index (χ0v) is 11.9. The summed E-state index contributed by atoms with van der Waals surface area (Å²) in [5.41, 5.74) is 1.36. The van der Waals surface area contributed by atoms with Gasteiger partial charge in [-0.05, 0) is 19.1 Å². The van der Waals surface area contributed by atoms with Crippen LogP contribution in [0.1, 0.15) is 17.4 Å². The van der Waals surface area contributed by atoms with Crippen LogP contribution in [0.4, 0.5) is 0 Å². The molecule has 6 heteroatoms. The first-order chi connectivity index (χ1) is 10.3. The molecule has 3 aromatic rings. The number of aromatic nitrogens is 4. The van der Waals surface area contributed by atoms with E-state index < -0.39 is 0 Å². The molecule has 0 bridgehead atoms. The second-order valence-corrected chi connectivity index (χ2v) is 4.77. The first-order valence-electron chi connectivity index (χ1n) is 6.99. The Morgan fingerprint density at radius 2 is 2.19 bits per heavy atom. The molecule has 0 aliphatic rings. The highest BCUT2D eigenvalue weighted by Crippen LogP contribution is 2.16. The summed E-state index contributed by atoms with van der Waals surface area (Å²) in [4.78, 5) is 14.4. The summed E-state index contributed by atoms with van der Waals surface area (Å²) < 4.78 is 1.82. The van der Waals surface area contributed by atoms with Crippen molar-refractivity contribution in [3.8, 4) is 0 Å². The van der Waals surface area contributed by atoms with Crippen LogP contribution in [0.2, 0.25) is 0 Å². The molecule has 0 fully saturated rings. The maximum absolute atomic E-state index is 12.6. The number of hydrogen-bond acceptors (Lipinski definition) is 3. The van der Waals surface area contributed by atoms with Gasteiger partial charge in [0.15, 0.2) is 5.69 Å². The van der Waals surface area contributed by atoms with Gasteiger partial charge < -0.3 is 4.90 Å². The average molecular weight is 283 g/mol. The molecule has 0 radical (unpaired) electrons. The highest BCUT2D eigenvalue weighted by molar-refractivity contribution is 6.04. The van der Waals surface area contributed by atoms with Crippen molar-refractivity contribution < 1.29 is 4.79 Å². The molecule has 0 atom stereocenters. The van der Waals surface area contributed by atoms with E-state index in [1.165, 1.54) is 0 Å². The molecule has 1 N–H and O–H groups in total. The molecule has 0 spiro atoms. The second kappa shape index (κ2) is 5.78. The molecule has 0 aliphatic carbocycles. The maximum Gasteiger partial charge on any atom is 0.275 e. The number of rotatable bonds is 5. The van der Waals surface area contributed by atoms with Gasteiger partial charge in [-0.25, -0.2) is 0 Å². The monoisotopic (exact) mass is 283 g/mol. The van der Waals surface area contributed by atoms with Crippen molar-refractivity contribution in [2.45, 2.75) is 13.5 Å². The first kappa shape index (κ1) is 13.4. The van der Waals surface area contributed by atoms with E-state index >= 15 is 0 Å². The van der Waals surface area contributed by atoms with Gasteiger partial charge in [-0.15, -0.1) is 0 Å². The zero-order valence-electron chi connectivity index (χ0n) is 11.9. The number of nitrogens with one attached hydrogen (secondary N) is 1. The molecule has 3 rings (SSSR count). The van der Waals surface area contributed by atoms with Crippen molar-refractivity contribution in [2.24, 2.45) is 0 Å². The Morgan fingerprint density at radius 1 is 1.33 bits per heavy atom. The third-order valence-electron chi connectivity index (χ3n) is 3.50. The van der Waals surface area contributed by atoms with Gasteiger partial charge in [0.1, 0.15) is 0 Å². The van der Waals surface area contributed by atoms with Gasteiger partial charge in [0.2, 0.25) is 0 Å². The highest BCUT2D eigenvalue weighted by Gasteiger charge is 2.19. The van der Waals surface area contributed by atoms with Crippen LogP contribution in [-0.4, -0.2) is 43.9 Å². The average Bonchev–Trinajstić information content (AvgIpc) is 3.17. The Hall–Kier alpha value is -2.63. The number of nitrogens with zero attached hydrogens (tertiary/aromatic N) is 4. The fourth-order valence-electron chi connectivity index (χ4n) is 2.34. The third-order valence-corrected chi connectivity index (χ3v) is 3.50. The standard InChI is InChI=1S/C15H17N5O/c1-2-19(10-11-20-9-5-8-16-20)15(21)14-12-6-3-4-7-13(12)17-18-14/h3-9H,2,10-11H2,1H3,(H,17,18). The number of carbonyl (C=O) groups is 1. The Kier molecular flexibility index (Phi) is 3.68. The number of aromatic amines is 1. The summed E-state index contributed by atoms with van der Waals surface area (Å²) in [6.07, 6.45) is 3.63. The Bertz CT molecular complexity index is 731. The van der Waals surface area contributed by atoms with E-state index in [1.807, 2.05) is 48.1 Å². The number of hydrogen-bond donors (Lipinski definition) is 1. The lowest BCUT2D eigenvalue weighted by atomic mass is 10.2. The van der Waals surface area contributed by atoms with E-state index in [9.17, 15) is 4.79 Å². The van der Waals surface area contributed by atoms with Crippen LogP contribution in [0.15, 0.2) is 42.7 Å². The molecule has 21 heavy (non-hydrogen) atoms. The van der Waals surface area contributed by atoms with E-state index in [-0.39, 0.29) is 5.91 Å². The lowest BCUT2D eigenvalue weighted by Crippen LogP contribution is -2.34. The van der Waals surface area contributed by atoms with E-state index in [0.29, 0.717) is 25.3 Å². The summed E-state index contributed by atoms with van der Waals surface area (Å²) in [5.74, 6) is -0.0536. The summed E-state index contributed by atoms with van der Waals surface area (Å²) in [7, 11) is 0. The van der Waals surface area contributed by atoms with Crippen LogP contribution in [0.5, 0.6) is 0 Å². The number of likely N-dealkylation sites (N-methyl/N-ethyl adjacent to an activating group) is 1. The Morgan fingerprint density at radius 3 is 2.95 bits per heavy atom. The number of H-pyrrole nitrogens is 1. The predicted molar refractivity (Wildman–Crippen MR) is 79.9 cm³/mol. The van der Waals surface area contributed by atoms with E-state index in [4.69, 9.17) is 0 Å². The molecular weight excluding hydrogens is 266 g/mol. The molecule has 2 aromatic heterocycles. The fourth-order valence-corrected chi connectivity index (χ4v) is 2.34. The quantitative estimate of drug-likeness (QED) is 0.778. The Balaban J connectivity index is 1.78. The maximum atomic E-state index is 12.6. The number of para-hydroxylation sites is 1. The molecule has 0 unspecified atom stereocenters. The highest BCUT2D eigenvalue weighted by atomic mass is 16.2. The number of fused-ring (bicyclic) bond motifs is 1. The van der Waals surface area contributed by atoms with Gasteiger partial charge in [0.05, 0.1) is 12.1 Å². The molecule has 0 saturated carbocycles. The minimum absolute atomic E-state index is 0.0536. The van der Waals surface area contributed by atoms with Crippen molar-refractivity contribution in [3.63, 3.8) is 0 Å². The van der Waals surface area contributed by atoms with E-state index in [1.54, 1.807) is 11.1 Å². The molecular formula is C15H17N5O. The minimum atomic E-state index is -0.0536. The molecule has 0 aliphatic heterocycles. The predicted octanol–water partition coefficient (Wildman–Crippen LogP) is 1.92. The van der Waals surface area contributed by atoms with Gasteiger partial charge in [-0.1, -0.05) is 18.2 Å². The third kappa shape index (κ3) is 2.65. The van der Waals surface area contributed by atoms with Crippen molar-refractivity contribution in [1.29, 1.82) is 0 Å². The molecule has 108 valence electrons. The minimum Gasteiger partial charge on any atom is -0.336 e. The van der Waals surface area contributed by atoms with Crippen LogP contribution in [0.3, 0.4) is 0 Å². The van der Waals surface area contributed by atoms with Gasteiger partial charge >= 0.3 is 0 Å². The second-order valence-electron chi connectivity index (χ2n) is 4.77. The van der Waals surface area contributed by atoms with E-state index in [0.717, 1.165) is 10.9 Å². The number of amides is 1. The van der Waals surface area contributed by atoms with Crippen LogP contribution < -0.4 is 0 Å². The molecule has 1 amide bonds. The van der Waals surface area contributed by atoms with Gasteiger partial charge in [-0.3, -0.25) is 14.6 Å². The lowest BCUT2D eigenvalue weighted by Gasteiger charge is -2.19. The topological polar surface area (TPSA) is 66.8 Å². The number of carbonyl (C=O) groups excluding carboxylic acids is 1.